The van der Waals surface area contributed by atoms with E-state index in [4.69, 9.17) is 16.3 Å². The number of hydrogen-bond acceptors (Lipinski definition) is 2. The van der Waals surface area contributed by atoms with Crippen molar-refractivity contribution in [3.05, 3.63) is 34.9 Å². The standard InChI is InChI=1S/C15H22ClNO/c1-12(9-13-4-6-15(16)7-5-13)17-10-14-3-2-8-18-11-14/h4-7,12,14,17H,2-3,8-11H2,1H3. The Morgan fingerprint density at radius 2 is 2.17 bits per heavy atom. The lowest BCUT2D eigenvalue weighted by molar-refractivity contribution is 0.0540. The van der Waals surface area contributed by atoms with Gasteiger partial charge in [0.05, 0.1) is 6.61 Å². The summed E-state index contributed by atoms with van der Waals surface area (Å²) >= 11 is 5.88. The van der Waals surface area contributed by atoms with Crippen LogP contribution in [0.2, 0.25) is 5.02 Å². The monoisotopic (exact) mass is 267 g/mol. The molecule has 1 saturated heterocycles. The van der Waals surface area contributed by atoms with Crippen molar-refractivity contribution in [1.29, 1.82) is 0 Å². The zero-order chi connectivity index (χ0) is 12.8. The first-order valence-corrected chi connectivity index (χ1v) is 7.17. The molecule has 2 atom stereocenters. The lowest BCUT2D eigenvalue weighted by Crippen LogP contribution is -2.35. The van der Waals surface area contributed by atoms with Gasteiger partial charge in [-0.25, -0.2) is 0 Å². The molecule has 0 bridgehead atoms. The molecule has 0 radical (unpaired) electrons. The van der Waals surface area contributed by atoms with Crippen molar-refractivity contribution in [1.82, 2.24) is 5.32 Å². The maximum atomic E-state index is 5.88. The average molecular weight is 268 g/mol. The number of hydrogen-bond donors (Lipinski definition) is 1. The minimum atomic E-state index is 0.494. The zero-order valence-electron chi connectivity index (χ0n) is 11.0. The second-order valence-electron chi connectivity index (χ2n) is 5.22. The van der Waals surface area contributed by atoms with Crippen LogP contribution in [-0.2, 0) is 11.2 Å². The molecule has 0 amide bonds. The first kappa shape index (κ1) is 13.9. The van der Waals surface area contributed by atoms with Crippen LogP contribution in [-0.4, -0.2) is 25.8 Å². The summed E-state index contributed by atoms with van der Waals surface area (Å²) < 4.78 is 5.49. The molecule has 0 aromatic heterocycles. The van der Waals surface area contributed by atoms with Gasteiger partial charge < -0.3 is 10.1 Å². The van der Waals surface area contributed by atoms with Gasteiger partial charge in [0, 0.05) is 24.2 Å². The average Bonchev–Trinajstić information content (AvgIpc) is 2.40. The Balaban J connectivity index is 1.71. The van der Waals surface area contributed by atoms with Crippen molar-refractivity contribution in [2.24, 2.45) is 5.92 Å². The minimum Gasteiger partial charge on any atom is -0.381 e. The number of nitrogens with one attached hydrogen (secondary N) is 1. The van der Waals surface area contributed by atoms with Crippen LogP contribution in [0.1, 0.15) is 25.3 Å². The van der Waals surface area contributed by atoms with Gasteiger partial charge in [-0.1, -0.05) is 23.7 Å². The Kier molecular flexibility index (Phi) is 5.48. The molecule has 1 aromatic carbocycles. The van der Waals surface area contributed by atoms with E-state index in [9.17, 15) is 0 Å². The summed E-state index contributed by atoms with van der Waals surface area (Å²) in [5.74, 6) is 0.686. The molecule has 1 aromatic rings. The summed E-state index contributed by atoms with van der Waals surface area (Å²) in [4.78, 5) is 0. The Hall–Kier alpha value is -0.570. The van der Waals surface area contributed by atoms with E-state index >= 15 is 0 Å². The van der Waals surface area contributed by atoms with Gasteiger partial charge in [-0.2, -0.15) is 0 Å². The Morgan fingerprint density at radius 3 is 2.83 bits per heavy atom. The first-order chi connectivity index (χ1) is 8.74. The van der Waals surface area contributed by atoms with Crippen molar-refractivity contribution in [3.8, 4) is 0 Å². The molecular weight excluding hydrogens is 246 g/mol. The molecule has 1 heterocycles. The zero-order valence-corrected chi connectivity index (χ0v) is 11.7. The fourth-order valence-corrected chi connectivity index (χ4v) is 2.51. The normalized spacial score (nSPS) is 21.8. The van der Waals surface area contributed by atoms with Gasteiger partial charge in [0.1, 0.15) is 0 Å². The van der Waals surface area contributed by atoms with Gasteiger partial charge in [0.25, 0.3) is 0 Å². The van der Waals surface area contributed by atoms with E-state index in [1.807, 2.05) is 12.1 Å². The Labute approximate surface area is 115 Å². The van der Waals surface area contributed by atoms with Gasteiger partial charge in [-0.05, 0) is 49.8 Å². The molecule has 18 heavy (non-hydrogen) atoms. The van der Waals surface area contributed by atoms with E-state index in [0.29, 0.717) is 12.0 Å². The van der Waals surface area contributed by atoms with Gasteiger partial charge in [-0.15, -0.1) is 0 Å². The van der Waals surface area contributed by atoms with Crippen LogP contribution >= 0.6 is 11.6 Å². The van der Waals surface area contributed by atoms with Crippen LogP contribution in [0.3, 0.4) is 0 Å². The topological polar surface area (TPSA) is 21.3 Å². The molecule has 0 aliphatic carbocycles. The third-order valence-corrected chi connectivity index (χ3v) is 3.72. The molecule has 1 aliphatic rings. The molecular formula is C15H22ClNO. The molecule has 1 aliphatic heterocycles. The molecule has 0 saturated carbocycles. The number of ether oxygens (including phenoxy) is 1. The lowest BCUT2D eigenvalue weighted by Gasteiger charge is -2.24. The molecule has 2 nitrogen and oxygen atoms in total. The predicted molar refractivity (Wildman–Crippen MR) is 76.2 cm³/mol. The highest BCUT2D eigenvalue weighted by molar-refractivity contribution is 6.30. The molecule has 100 valence electrons. The summed E-state index contributed by atoms with van der Waals surface area (Å²) in [6, 6.07) is 8.61. The van der Waals surface area contributed by atoms with E-state index in [1.54, 1.807) is 0 Å². The van der Waals surface area contributed by atoms with E-state index in [1.165, 1.54) is 18.4 Å². The first-order valence-electron chi connectivity index (χ1n) is 6.79. The summed E-state index contributed by atoms with van der Waals surface area (Å²) in [6.07, 6.45) is 3.54. The third-order valence-electron chi connectivity index (χ3n) is 3.46. The van der Waals surface area contributed by atoms with E-state index in [0.717, 1.165) is 31.2 Å². The van der Waals surface area contributed by atoms with Crippen molar-refractivity contribution in [2.45, 2.75) is 32.2 Å². The molecule has 1 fully saturated rings. The third kappa shape index (κ3) is 4.60. The summed E-state index contributed by atoms with van der Waals surface area (Å²) in [6.45, 7) is 5.16. The highest BCUT2D eigenvalue weighted by Crippen LogP contribution is 2.14. The van der Waals surface area contributed by atoms with Gasteiger partial charge in [-0.3, -0.25) is 0 Å². The highest BCUT2D eigenvalue weighted by atomic mass is 35.5. The molecule has 1 N–H and O–H groups in total. The van der Waals surface area contributed by atoms with Gasteiger partial charge >= 0.3 is 0 Å². The molecule has 0 spiro atoms. The lowest BCUT2D eigenvalue weighted by atomic mass is 10.0. The van der Waals surface area contributed by atoms with Crippen LogP contribution in [0.4, 0.5) is 0 Å². The second kappa shape index (κ2) is 7.13. The van der Waals surface area contributed by atoms with Crippen LogP contribution in [0.15, 0.2) is 24.3 Å². The van der Waals surface area contributed by atoms with E-state index in [-0.39, 0.29) is 0 Å². The fourth-order valence-electron chi connectivity index (χ4n) is 2.38. The van der Waals surface area contributed by atoms with Crippen molar-refractivity contribution in [2.75, 3.05) is 19.8 Å². The van der Waals surface area contributed by atoms with Crippen LogP contribution in [0.5, 0.6) is 0 Å². The quantitative estimate of drug-likeness (QED) is 0.884. The Morgan fingerprint density at radius 1 is 1.39 bits per heavy atom. The largest absolute Gasteiger partial charge is 0.381 e. The van der Waals surface area contributed by atoms with Crippen LogP contribution < -0.4 is 5.32 Å². The highest BCUT2D eigenvalue weighted by Gasteiger charge is 2.14. The number of rotatable bonds is 5. The van der Waals surface area contributed by atoms with Crippen molar-refractivity contribution >= 4 is 11.6 Å². The second-order valence-corrected chi connectivity index (χ2v) is 5.66. The molecule has 3 heteroatoms. The molecule has 2 rings (SSSR count). The predicted octanol–water partition coefficient (Wildman–Crippen LogP) is 3.29. The fraction of sp³-hybridized carbons (Fsp3) is 0.600. The summed E-state index contributed by atoms with van der Waals surface area (Å²) in [5.41, 5.74) is 1.33. The Bertz CT molecular complexity index is 346. The van der Waals surface area contributed by atoms with E-state index < -0.39 is 0 Å². The van der Waals surface area contributed by atoms with Gasteiger partial charge in [0.2, 0.25) is 0 Å². The van der Waals surface area contributed by atoms with Gasteiger partial charge in [0.15, 0.2) is 0 Å². The smallest absolute Gasteiger partial charge is 0.0506 e. The van der Waals surface area contributed by atoms with Crippen LogP contribution in [0, 0.1) is 5.92 Å². The maximum absolute atomic E-state index is 5.88. The van der Waals surface area contributed by atoms with Crippen molar-refractivity contribution in [3.63, 3.8) is 0 Å². The van der Waals surface area contributed by atoms with Crippen LogP contribution in [0.25, 0.3) is 0 Å². The van der Waals surface area contributed by atoms with E-state index in [2.05, 4.69) is 24.4 Å². The molecule has 2 unspecified atom stereocenters. The van der Waals surface area contributed by atoms with Crippen molar-refractivity contribution < 1.29 is 4.74 Å². The summed E-state index contributed by atoms with van der Waals surface area (Å²) in [5, 5.41) is 4.41. The number of halogens is 1. The number of benzene rings is 1. The SMILES string of the molecule is CC(Cc1ccc(Cl)cc1)NCC1CCCOC1. The maximum Gasteiger partial charge on any atom is 0.0506 e. The summed E-state index contributed by atoms with van der Waals surface area (Å²) in [7, 11) is 0. The minimum absolute atomic E-state index is 0.494.